The molecule has 0 aliphatic rings. The van der Waals surface area contributed by atoms with Gasteiger partial charge in [0.05, 0.1) is 6.04 Å². The quantitative estimate of drug-likeness (QED) is 0.766. The SMILES string of the molecule is CC(C)N[C@H](c1nnn[nH]1)C(C)(C)C. The summed E-state index contributed by atoms with van der Waals surface area (Å²) in [6.45, 7) is 10.7. The van der Waals surface area contributed by atoms with Gasteiger partial charge in [0.2, 0.25) is 0 Å². The highest BCUT2D eigenvalue weighted by Crippen LogP contribution is 2.30. The Bertz CT molecular complexity index is 259. The fourth-order valence-electron chi connectivity index (χ4n) is 1.36. The second-order valence-corrected chi connectivity index (χ2v) is 4.91. The van der Waals surface area contributed by atoms with Crippen LogP contribution in [0.1, 0.15) is 46.5 Å². The number of hydrogen-bond acceptors (Lipinski definition) is 4. The first-order valence-electron chi connectivity index (χ1n) is 4.91. The van der Waals surface area contributed by atoms with Crippen molar-refractivity contribution >= 4 is 0 Å². The molecule has 5 nitrogen and oxygen atoms in total. The van der Waals surface area contributed by atoms with Crippen molar-refractivity contribution in [3.63, 3.8) is 0 Å². The average molecular weight is 197 g/mol. The zero-order valence-corrected chi connectivity index (χ0v) is 9.50. The van der Waals surface area contributed by atoms with E-state index in [4.69, 9.17) is 0 Å². The van der Waals surface area contributed by atoms with Crippen LogP contribution in [0.25, 0.3) is 0 Å². The van der Waals surface area contributed by atoms with E-state index >= 15 is 0 Å². The van der Waals surface area contributed by atoms with E-state index in [1.54, 1.807) is 0 Å². The zero-order valence-electron chi connectivity index (χ0n) is 9.50. The highest BCUT2D eigenvalue weighted by molar-refractivity contribution is 4.96. The van der Waals surface area contributed by atoms with Gasteiger partial charge in [0.25, 0.3) is 0 Å². The van der Waals surface area contributed by atoms with Crippen molar-refractivity contribution in [2.75, 3.05) is 0 Å². The summed E-state index contributed by atoms with van der Waals surface area (Å²) in [5.41, 5.74) is 0.0888. The number of H-pyrrole nitrogens is 1. The fraction of sp³-hybridized carbons (Fsp3) is 0.889. The largest absolute Gasteiger partial charge is 0.305 e. The maximum atomic E-state index is 3.96. The van der Waals surface area contributed by atoms with Gasteiger partial charge in [-0.25, -0.2) is 5.10 Å². The van der Waals surface area contributed by atoms with Gasteiger partial charge in [-0.2, -0.15) is 0 Å². The van der Waals surface area contributed by atoms with Crippen molar-refractivity contribution in [1.82, 2.24) is 25.9 Å². The van der Waals surface area contributed by atoms with Gasteiger partial charge >= 0.3 is 0 Å². The summed E-state index contributed by atoms with van der Waals surface area (Å²) in [6.07, 6.45) is 0. The van der Waals surface area contributed by atoms with Crippen LogP contribution in [-0.2, 0) is 0 Å². The first-order chi connectivity index (χ1) is 6.41. The van der Waals surface area contributed by atoms with E-state index in [2.05, 4.69) is 60.6 Å². The summed E-state index contributed by atoms with van der Waals surface area (Å²) >= 11 is 0. The predicted octanol–water partition coefficient (Wildman–Crippen LogP) is 1.28. The molecule has 0 bridgehead atoms. The summed E-state index contributed by atoms with van der Waals surface area (Å²) < 4.78 is 0. The fourth-order valence-corrected chi connectivity index (χ4v) is 1.36. The Kier molecular flexibility index (Phi) is 3.21. The van der Waals surface area contributed by atoms with Gasteiger partial charge in [-0.05, 0) is 15.8 Å². The molecule has 0 aliphatic heterocycles. The molecule has 0 unspecified atom stereocenters. The van der Waals surface area contributed by atoms with E-state index in [0.29, 0.717) is 6.04 Å². The minimum absolute atomic E-state index is 0.0888. The molecule has 0 amide bonds. The molecule has 1 aromatic heterocycles. The monoisotopic (exact) mass is 197 g/mol. The number of tetrazole rings is 1. The molecule has 1 rings (SSSR count). The molecule has 14 heavy (non-hydrogen) atoms. The molecule has 5 heteroatoms. The van der Waals surface area contributed by atoms with E-state index < -0.39 is 0 Å². The van der Waals surface area contributed by atoms with Crippen LogP contribution >= 0.6 is 0 Å². The topological polar surface area (TPSA) is 66.5 Å². The molecule has 0 aliphatic carbocycles. The molecular formula is C9H19N5. The number of aromatic nitrogens is 4. The highest BCUT2D eigenvalue weighted by Gasteiger charge is 2.29. The van der Waals surface area contributed by atoms with Crippen molar-refractivity contribution in [2.45, 2.75) is 46.7 Å². The van der Waals surface area contributed by atoms with E-state index in [-0.39, 0.29) is 11.5 Å². The zero-order chi connectivity index (χ0) is 10.8. The number of nitrogens with zero attached hydrogens (tertiary/aromatic N) is 3. The lowest BCUT2D eigenvalue weighted by atomic mass is 9.86. The third kappa shape index (κ3) is 2.77. The third-order valence-electron chi connectivity index (χ3n) is 2.00. The Balaban J connectivity index is 2.83. The van der Waals surface area contributed by atoms with Crippen LogP contribution in [0, 0.1) is 5.41 Å². The van der Waals surface area contributed by atoms with Gasteiger partial charge in [0, 0.05) is 6.04 Å². The maximum absolute atomic E-state index is 3.96. The summed E-state index contributed by atoms with van der Waals surface area (Å²) in [5, 5.41) is 17.4. The molecule has 1 atom stereocenters. The molecule has 0 radical (unpaired) electrons. The van der Waals surface area contributed by atoms with E-state index in [0.717, 1.165) is 5.82 Å². The van der Waals surface area contributed by atoms with Gasteiger partial charge in [0.15, 0.2) is 5.82 Å². The number of hydrogen-bond donors (Lipinski definition) is 2. The minimum atomic E-state index is 0.0888. The Labute approximate surface area is 84.7 Å². The Morgan fingerprint density at radius 2 is 1.93 bits per heavy atom. The van der Waals surface area contributed by atoms with E-state index in [1.165, 1.54) is 0 Å². The van der Waals surface area contributed by atoms with Crippen molar-refractivity contribution in [1.29, 1.82) is 0 Å². The molecule has 0 saturated carbocycles. The standard InChI is InChI=1S/C9H19N5/c1-6(2)10-7(9(3,4)5)8-11-13-14-12-8/h6-7,10H,1-5H3,(H,11,12,13,14)/t7-/m1/s1. The Morgan fingerprint density at radius 1 is 1.29 bits per heavy atom. The second kappa shape index (κ2) is 4.04. The summed E-state index contributed by atoms with van der Waals surface area (Å²) in [4.78, 5) is 0. The molecule has 80 valence electrons. The van der Waals surface area contributed by atoms with Gasteiger partial charge in [-0.1, -0.05) is 34.6 Å². The molecule has 0 fully saturated rings. The van der Waals surface area contributed by atoms with Crippen LogP contribution < -0.4 is 5.32 Å². The van der Waals surface area contributed by atoms with Gasteiger partial charge in [0.1, 0.15) is 0 Å². The smallest absolute Gasteiger partial charge is 0.166 e. The normalized spacial score (nSPS) is 14.7. The van der Waals surface area contributed by atoms with Gasteiger partial charge < -0.3 is 5.32 Å². The molecule has 2 N–H and O–H groups in total. The van der Waals surface area contributed by atoms with Crippen molar-refractivity contribution in [2.24, 2.45) is 5.41 Å². The molecule has 1 heterocycles. The van der Waals surface area contributed by atoms with Crippen LogP contribution in [-0.4, -0.2) is 26.7 Å². The number of rotatable bonds is 3. The minimum Gasteiger partial charge on any atom is -0.305 e. The van der Waals surface area contributed by atoms with Crippen molar-refractivity contribution in [3.8, 4) is 0 Å². The first-order valence-corrected chi connectivity index (χ1v) is 4.91. The predicted molar refractivity (Wildman–Crippen MR) is 54.6 cm³/mol. The molecule has 0 spiro atoms. The lowest BCUT2D eigenvalue weighted by Gasteiger charge is -2.30. The second-order valence-electron chi connectivity index (χ2n) is 4.91. The molecule has 0 saturated heterocycles. The van der Waals surface area contributed by atoms with E-state index in [1.807, 2.05) is 0 Å². The highest BCUT2D eigenvalue weighted by atomic mass is 15.5. The maximum Gasteiger partial charge on any atom is 0.166 e. The lowest BCUT2D eigenvalue weighted by Crippen LogP contribution is -2.37. The first kappa shape index (κ1) is 11.1. The van der Waals surface area contributed by atoms with Gasteiger partial charge in [-0.3, -0.25) is 0 Å². The third-order valence-corrected chi connectivity index (χ3v) is 2.00. The van der Waals surface area contributed by atoms with Crippen LogP contribution in [0.5, 0.6) is 0 Å². The number of aromatic amines is 1. The summed E-state index contributed by atoms with van der Waals surface area (Å²) in [7, 11) is 0. The average Bonchev–Trinajstić information content (AvgIpc) is 2.49. The number of nitrogens with one attached hydrogen (secondary N) is 2. The van der Waals surface area contributed by atoms with Crippen LogP contribution in [0.3, 0.4) is 0 Å². The molecule has 1 aromatic rings. The molecule has 0 aromatic carbocycles. The van der Waals surface area contributed by atoms with Crippen molar-refractivity contribution in [3.05, 3.63) is 5.82 Å². The van der Waals surface area contributed by atoms with E-state index in [9.17, 15) is 0 Å². The van der Waals surface area contributed by atoms with Gasteiger partial charge in [-0.15, -0.1) is 5.10 Å². The lowest BCUT2D eigenvalue weighted by molar-refractivity contribution is 0.247. The summed E-state index contributed by atoms with van der Waals surface area (Å²) in [5.74, 6) is 0.797. The molecular weight excluding hydrogens is 178 g/mol. The Hall–Kier alpha value is -0.970. The van der Waals surface area contributed by atoms with Crippen molar-refractivity contribution < 1.29 is 0 Å². The van der Waals surface area contributed by atoms with Crippen LogP contribution in [0.2, 0.25) is 0 Å². The van der Waals surface area contributed by atoms with Crippen LogP contribution in [0.15, 0.2) is 0 Å². The summed E-state index contributed by atoms with van der Waals surface area (Å²) in [6, 6.07) is 0.557. The Morgan fingerprint density at radius 3 is 2.29 bits per heavy atom. The van der Waals surface area contributed by atoms with Crippen LogP contribution in [0.4, 0.5) is 0 Å².